The molecule has 0 unspecified atom stereocenters. The van der Waals surface area contributed by atoms with Crippen molar-refractivity contribution in [3.63, 3.8) is 0 Å². The van der Waals surface area contributed by atoms with E-state index in [1.807, 2.05) is 18.2 Å². The van der Waals surface area contributed by atoms with Gasteiger partial charge in [-0.25, -0.2) is 0 Å². The molecule has 1 aromatic carbocycles. The maximum absolute atomic E-state index is 12.8. The molecule has 0 radical (unpaired) electrons. The second kappa shape index (κ2) is 8.18. The average Bonchev–Trinajstić information content (AvgIpc) is 3.11. The number of benzene rings is 1. The van der Waals surface area contributed by atoms with Crippen molar-refractivity contribution < 1.29 is 13.2 Å². The van der Waals surface area contributed by atoms with Crippen molar-refractivity contribution in [2.24, 2.45) is 5.92 Å². The fraction of sp³-hybridized carbons (Fsp3) is 0.409. The molecule has 1 aliphatic heterocycles. The molecule has 5 rings (SSSR count). The lowest BCUT2D eigenvalue weighted by molar-refractivity contribution is -0.137. The zero-order valence-corrected chi connectivity index (χ0v) is 18.3. The van der Waals surface area contributed by atoms with Crippen molar-refractivity contribution >= 4 is 23.1 Å². The highest BCUT2D eigenvalue weighted by Crippen LogP contribution is 2.59. The molecule has 4 nitrogen and oxygen atoms in total. The molecule has 2 aliphatic rings. The first-order valence-corrected chi connectivity index (χ1v) is 12.0. The van der Waals surface area contributed by atoms with E-state index in [-0.39, 0.29) is 5.41 Å². The van der Waals surface area contributed by atoms with E-state index >= 15 is 0 Å². The standard InChI is InChI=1S/C22H21F3N4S2/c23-22(24,25)16-7-5-15(6-8-16)21-12-17(21)13-29(14-21)10-3-11-30-20-28-27-19(31-20)18-4-1-2-9-26-18/h1-2,4-9,17H,3,10-14H2/t17-,21+/m0/s1. The first-order chi connectivity index (χ1) is 14.9. The summed E-state index contributed by atoms with van der Waals surface area (Å²) in [6.45, 7) is 2.97. The quantitative estimate of drug-likeness (QED) is 0.349. The lowest BCUT2D eigenvalue weighted by Gasteiger charge is -2.21. The molecule has 1 saturated carbocycles. The summed E-state index contributed by atoms with van der Waals surface area (Å²) in [4.78, 5) is 6.76. The number of rotatable bonds is 7. The molecule has 31 heavy (non-hydrogen) atoms. The van der Waals surface area contributed by atoms with Crippen molar-refractivity contribution in [3.05, 3.63) is 59.8 Å². The normalized spacial score (nSPS) is 23.1. The van der Waals surface area contributed by atoms with Gasteiger partial charge < -0.3 is 4.90 Å². The third-order valence-electron chi connectivity index (χ3n) is 6.14. The van der Waals surface area contributed by atoms with Gasteiger partial charge in [0.15, 0.2) is 9.35 Å². The second-order valence-electron chi connectivity index (χ2n) is 8.16. The molecular weight excluding hydrogens is 441 g/mol. The van der Waals surface area contributed by atoms with Gasteiger partial charge in [-0.05, 0) is 55.1 Å². The van der Waals surface area contributed by atoms with Crippen molar-refractivity contribution in [3.8, 4) is 10.7 Å². The Bertz CT molecular complexity index is 1040. The maximum atomic E-state index is 12.8. The Kier molecular flexibility index (Phi) is 5.52. The van der Waals surface area contributed by atoms with Gasteiger partial charge in [-0.2, -0.15) is 13.2 Å². The van der Waals surface area contributed by atoms with E-state index in [9.17, 15) is 13.2 Å². The molecule has 9 heteroatoms. The number of nitrogens with zero attached hydrogens (tertiary/aromatic N) is 4. The first kappa shape index (κ1) is 20.9. The van der Waals surface area contributed by atoms with Crippen LogP contribution in [-0.2, 0) is 11.6 Å². The monoisotopic (exact) mass is 462 g/mol. The molecule has 0 bridgehead atoms. The van der Waals surface area contributed by atoms with Crippen LogP contribution < -0.4 is 0 Å². The fourth-order valence-electron chi connectivity index (χ4n) is 4.50. The molecule has 1 saturated heterocycles. The van der Waals surface area contributed by atoms with E-state index in [2.05, 4.69) is 20.1 Å². The number of hydrogen-bond donors (Lipinski definition) is 0. The summed E-state index contributed by atoms with van der Waals surface area (Å²) in [5, 5.41) is 9.31. The maximum Gasteiger partial charge on any atom is 0.416 e. The van der Waals surface area contributed by atoms with Crippen LogP contribution in [0.25, 0.3) is 10.7 Å². The summed E-state index contributed by atoms with van der Waals surface area (Å²) in [7, 11) is 0. The Morgan fingerprint density at radius 2 is 1.97 bits per heavy atom. The number of alkyl halides is 3. The van der Waals surface area contributed by atoms with E-state index in [1.165, 1.54) is 12.1 Å². The molecule has 0 amide bonds. The van der Waals surface area contributed by atoms with E-state index < -0.39 is 11.7 Å². The summed E-state index contributed by atoms with van der Waals surface area (Å²) < 4.78 is 39.4. The number of hydrogen-bond acceptors (Lipinski definition) is 6. The molecule has 162 valence electrons. The minimum Gasteiger partial charge on any atom is -0.302 e. The molecule has 3 heterocycles. The second-order valence-corrected chi connectivity index (χ2v) is 10.5. The van der Waals surface area contributed by atoms with E-state index in [0.717, 1.165) is 58.8 Å². The zero-order valence-electron chi connectivity index (χ0n) is 16.7. The Morgan fingerprint density at radius 3 is 2.71 bits per heavy atom. The third kappa shape index (κ3) is 4.36. The summed E-state index contributed by atoms with van der Waals surface area (Å²) in [5.41, 5.74) is 1.39. The minimum atomic E-state index is -4.27. The van der Waals surface area contributed by atoms with Gasteiger partial charge >= 0.3 is 6.18 Å². The number of aromatic nitrogens is 3. The zero-order chi connectivity index (χ0) is 21.5. The minimum absolute atomic E-state index is 0.0636. The summed E-state index contributed by atoms with van der Waals surface area (Å²) in [5.74, 6) is 1.53. The van der Waals surface area contributed by atoms with Crippen molar-refractivity contribution in [2.75, 3.05) is 25.4 Å². The van der Waals surface area contributed by atoms with Crippen LogP contribution >= 0.6 is 23.1 Å². The lowest BCUT2D eigenvalue weighted by Crippen LogP contribution is -2.28. The molecule has 2 aromatic heterocycles. The van der Waals surface area contributed by atoms with Gasteiger partial charge in [-0.15, -0.1) is 10.2 Å². The smallest absolute Gasteiger partial charge is 0.302 e. The van der Waals surface area contributed by atoms with E-state index in [4.69, 9.17) is 0 Å². The predicted molar refractivity (Wildman–Crippen MR) is 116 cm³/mol. The SMILES string of the molecule is FC(F)(F)c1ccc([C@]23C[C@H]2CN(CCCSc2nnc(-c4ccccn4)s2)C3)cc1. The average molecular weight is 463 g/mol. The number of piperidine rings is 1. The topological polar surface area (TPSA) is 41.9 Å². The van der Waals surface area contributed by atoms with Gasteiger partial charge in [0.05, 0.1) is 5.56 Å². The molecular formula is C22H21F3N4S2. The highest BCUT2D eigenvalue weighted by Gasteiger charge is 2.60. The molecule has 0 N–H and O–H groups in total. The molecule has 2 atom stereocenters. The van der Waals surface area contributed by atoms with Crippen molar-refractivity contribution in [2.45, 2.75) is 28.8 Å². The van der Waals surface area contributed by atoms with Crippen LogP contribution in [0.1, 0.15) is 24.0 Å². The Balaban J connectivity index is 1.10. The van der Waals surface area contributed by atoms with Crippen LogP contribution in [-0.4, -0.2) is 45.5 Å². The van der Waals surface area contributed by atoms with Crippen LogP contribution in [0.3, 0.4) is 0 Å². The van der Waals surface area contributed by atoms with Gasteiger partial charge in [0.25, 0.3) is 0 Å². The van der Waals surface area contributed by atoms with Gasteiger partial charge in [-0.1, -0.05) is 41.3 Å². The Morgan fingerprint density at radius 1 is 1.13 bits per heavy atom. The van der Waals surface area contributed by atoms with Gasteiger partial charge in [-0.3, -0.25) is 4.98 Å². The number of pyridine rings is 1. The summed E-state index contributed by atoms with van der Waals surface area (Å²) in [6, 6.07) is 11.5. The number of likely N-dealkylation sites (tertiary alicyclic amines) is 1. The largest absolute Gasteiger partial charge is 0.416 e. The van der Waals surface area contributed by atoms with Crippen LogP contribution in [0.4, 0.5) is 13.2 Å². The molecule has 1 aliphatic carbocycles. The fourth-order valence-corrected chi connectivity index (χ4v) is 6.33. The van der Waals surface area contributed by atoms with Crippen LogP contribution in [0.5, 0.6) is 0 Å². The van der Waals surface area contributed by atoms with Crippen molar-refractivity contribution in [1.82, 2.24) is 20.1 Å². The predicted octanol–water partition coefficient (Wildman–Crippen LogP) is 5.37. The summed E-state index contributed by atoms with van der Waals surface area (Å²) >= 11 is 3.27. The number of halogens is 3. The number of thioether (sulfide) groups is 1. The van der Waals surface area contributed by atoms with Gasteiger partial charge in [0.2, 0.25) is 0 Å². The van der Waals surface area contributed by atoms with Crippen LogP contribution in [0, 0.1) is 5.92 Å². The highest BCUT2D eigenvalue weighted by molar-refractivity contribution is 8.01. The van der Waals surface area contributed by atoms with Crippen LogP contribution in [0.15, 0.2) is 53.0 Å². The molecule has 3 aromatic rings. The Labute approximate surface area is 186 Å². The summed E-state index contributed by atoms with van der Waals surface area (Å²) in [6.07, 6.45) is -0.394. The van der Waals surface area contributed by atoms with E-state index in [0.29, 0.717) is 5.92 Å². The van der Waals surface area contributed by atoms with E-state index in [1.54, 1.807) is 41.4 Å². The molecule has 2 fully saturated rings. The lowest BCUT2D eigenvalue weighted by atomic mass is 9.94. The number of fused-ring (bicyclic) bond motifs is 1. The van der Waals surface area contributed by atoms with Crippen LogP contribution in [0.2, 0.25) is 0 Å². The highest BCUT2D eigenvalue weighted by atomic mass is 32.2. The Hall–Kier alpha value is -1.97. The molecule has 0 spiro atoms. The van der Waals surface area contributed by atoms with Crippen molar-refractivity contribution in [1.29, 1.82) is 0 Å². The first-order valence-electron chi connectivity index (χ1n) is 10.2. The van der Waals surface area contributed by atoms with Gasteiger partial charge in [0, 0.05) is 30.5 Å². The third-order valence-corrected chi connectivity index (χ3v) is 8.30. The van der Waals surface area contributed by atoms with Gasteiger partial charge in [0.1, 0.15) is 5.69 Å².